The molecule has 2 aliphatic heterocycles. The smallest absolute Gasteiger partial charge is 0.330 e. The predicted molar refractivity (Wildman–Crippen MR) is 77.3 cm³/mol. The third kappa shape index (κ3) is 3.14. The first kappa shape index (κ1) is 15.4. The molecule has 0 amide bonds. The summed E-state index contributed by atoms with van der Waals surface area (Å²) in [5.41, 5.74) is -0.338. The van der Waals surface area contributed by atoms with Gasteiger partial charge in [0.2, 0.25) is 0 Å². The molecule has 122 valence electrons. The van der Waals surface area contributed by atoms with Crippen LogP contribution in [-0.4, -0.2) is 46.2 Å². The first-order valence-electron chi connectivity index (χ1n) is 7.40. The molecule has 0 spiro atoms. The predicted octanol–water partition coefficient (Wildman–Crippen LogP) is 0.132. The molecule has 2 aliphatic rings. The van der Waals surface area contributed by atoms with Crippen molar-refractivity contribution in [2.24, 2.45) is 0 Å². The molecule has 1 aromatic rings. The molecule has 0 saturated carbocycles. The molecule has 0 bridgehead atoms. The van der Waals surface area contributed by atoms with Crippen molar-refractivity contribution in [1.29, 1.82) is 0 Å². The zero-order valence-corrected chi connectivity index (χ0v) is 13.0. The second kappa shape index (κ2) is 5.62. The molecule has 22 heavy (non-hydrogen) atoms. The van der Waals surface area contributed by atoms with Gasteiger partial charge < -0.3 is 9.47 Å². The number of aromatic nitrogens is 2. The molecule has 8 heteroatoms. The molecule has 3 rings (SSSR count). The second-order valence-electron chi connectivity index (χ2n) is 6.17. The number of hydrogen-bond acceptors (Lipinski definition) is 6. The number of H-pyrrole nitrogens is 1. The van der Waals surface area contributed by atoms with Crippen molar-refractivity contribution in [3.05, 3.63) is 32.6 Å². The van der Waals surface area contributed by atoms with Gasteiger partial charge in [-0.3, -0.25) is 19.2 Å². The summed E-state index contributed by atoms with van der Waals surface area (Å²) in [5, 5.41) is 1.78. The molecule has 0 aromatic carbocycles. The van der Waals surface area contributed by atoms with E-state index in [1.165, 1.54) is 10.8 Å². The Balaban J connectivity index is 1.64. The van der Waals surface area contributed by atoms with Crippen LogP contribution in [-0.2, 0) is 14.3 Å². The van der Waals surface area contributed by atoms with E-state index in [2.05, 4.69) is 4.98 Å². The Hall–Kier alpha value is -1.48. The minimum Gasteiger partial charge on any atom is -0.348 e. The lowest BCUT2D eigenvalue weighted by Gasteiger charge is -2.21. The van der Waals surface area contributed by atoms with Crippen LogP contribution in [0.3, 0.4) is 0 Å². The Morgan fingerprint density at radius 2 is 2.18 bits per heavy atom. The fourth-order valence-electron chi connectivity index (χ4n) is 2.74. The molecule has 2 fully saturated rings. The van der Waals surface area contributed by atoms with Gasteiger partial charge in [-0.25, -0.2) is 4.79 Å². The fourth-order valence-corrected chi connectivity index (χ4v) is 2.74. The summed E-state index contributed by atoms with van der Waals surface area (Å²) in [6.45, 7) is 7.21. The van der Waals surface area contributed by atoms with Crippen LogP contribution < -0.4 is 11.2 Å². The topological polar surface area (TPSA) is 85.8 Å². The van der Waals surface area contributed by atoms with Gasteiger partial charge in [-0.05, 0) is 20.8 Å². The molecular formula is C14H21N3O5. The van der Waals surface area contributed by atoms with Gasteiger partial charge in [0.05, 0.1) is 19.3 Å². The van der Waals surface area contributed by atoms with E-state index in [1.54, 1.807) is 12.0 Å². The number of ether oxygens (including phenoxy) is 2. The Kier molecular flexibility index (Phi) is 3.94. The Morgan fingerprint density at radius 1 is 1.41 bits per heavy atom. The quantitative estimate of drug-likeness (QED) is 0.854. The maximum absolute atomic E-state index is 11.9. The van der Waals surface area contributed by atoms with Crippen molar-refractivity contribution in [2.45, 2.75) is 45.3 Å². The highest BCUT2D eigenvalue weighted by Crippen LogP contribution is 2.26. The lowest BCUT2D eigenvalue weighted by molar-refractivity contribution is -0.193. The van der Waals surface area contributed by atoms with Gasteiger partial charge >= 0.3 is 5.69 Å². The number of aryl methyl sites for hydroxylation is 1. The molecule has 3 heterocycles. The van der Waals surface area contributed by atoms with Gasteiger partial charge in [0, 0.05) is 24.7 Å². The molecule has 1 aromatic heterocycles. The van der Waals surface area contributed by atoms with Crippen molar-refractivity contribution in [3.8, 4) is 0 Å². The number of nitrogens with zero attached hydrogens (tertiary/aromatic N) is 2. The van der Waals surface area contributed by atoms with Gasteiger partial charge in [0.1, 0.15) is 0 Å². The monoisotopic (exact) mass is 311 g/mol. The minimum absolute atomic E-state index is 0.0530. The number of rotatable bonds is 3. The van der Waals surface area contributed by atoms with E-state index in [0.717, 1.165) is 0 Å². The lowest BCUT2D eigenvalue weighted by Crippen LogP contribution is -2.35. The maximum atomic E-state index is 11.9. The summed E-state index contributed by atoms with van der Waals surface area (Å²) in [6.07, 6.45) is 1.75. The molecule has 2 atom stereocenters. The van der Waals surface area contributed by atoms with E-state index in [9.17, 15) is 9.59 Å². The Bertz CT molecular complexity index is 665. The van der Waals surface area contributed by atoms with Gasteiger partial charge in [-0.15, -0.1) is 0 Å². The molecule has 0 unspecified atom stereocenters. The van der Waals surface area contributed by atoms with Crippen LogP contribution in [0.1, 0.15) is 32.1 Å². The minimum atomic E-state index is -0.559. The third-order valence-corrected chi connectivity index (χ3v) is 3.83. The summed E-state index contributed by atoms with van der Waals surface area (Å²) in [6, 6.07) is 0. The normalized spacial score (nSPS) is 28.3. The Labute approximate surface area is 127 Å². The van der Waals surface area contributed by atoms with Crippen molar-refractivity contribution in [1.82, 2.24) is 14.6 Å². The van der Waals surface area contributed by atoms with Crippen molar-refractivity contribution in [3.63, 3.8) is 0 Å². The standard InChI is InChI=1S/C14H21N3O5/c1-9-6-17(13(19)15-12(9)18)11-4-5-16(22-11)7-10-8-20-14(2,3)21-10/h6,10-11H,4-5,7-8H2,1-3H3,(H,15,18,19)/t10-,11+/m1/s1. The van der Waals surface area contributed by atoms with Crippen LogP contribution in [0.2, 0.25) is 0 Å². The van der Waals surface area contributed by atoms with Gasteiger partial charge in [-0.1, -0.05) is 0 Å². The van der Waals surface area contributed by atoms with Crippen LogP contribution in [0.4, 0.5) is 0 Å². The van der Waals surface area contributed by atoms with Crippen molar-refractivity contribution >= 4 is 0 Å². The molecular weight excluding hydrogens is 290 g/mol. The molecule has 0 radical (unpaired) electrons. The van der Waals surface area contributed by atoms with E-state index in [4.69, 9.17) is 14.3 Å². The van der Waals surface area contributed by atoms with E-state index >= 15 is 0 Å². The highest BCUT2D eigenvalue weighted by molar-refractivity contribution is 5.01. The highest BCUT2D eigenvalue weighted by Gasteiger charge is 2.36. The first-order valence-corrected chi connectivity index (χ1v) is 7.40. The van der Waals surface area contributed by atoms with E-state index in [-0.39, 0.29) is 11.7 Å². The maximum Gasteiger partial charge on any atom is 0.330 e. The molecule has 0 aliphatic carbocycles. The average Bonchev–Trinajstić information content (AvgIpc) is 3.01. The van der Waals surface area contributed by atoms with Crippen molar-refractivity contribution < 1.29 is 14.3 Å². The third-order valence-electron chi connectivity index (χ3n) is 3.83. The second-order valence-corrected chi connectivity index (χ2v) is 6.17. The van der Waals surface area contributed by atoms with Crippen LogP contribution in [0, 0.1) is 6.92 Å². The average molecular weight is 311 g/mol. The van der Waals surface area contributed by atoms with Gasteiger partial charge in [-0.2, -0.15) is 5.06 Å². The summed E-state index contributed by atoms with van der Waals surface area (Å²) in [4.78, 5) is 31.4. The van der Waals surface area contributed by atoms with E-state index in [1.807, 2.05) is 13.8 Å². The SMILES string of the molecule is Cc1cn([C@@H]2CCN(C[C@@H]3COC(C)(C)O3)O2)c(=O)[nH]c1=O. The summed E-state index contributed by atoms with van der Waals surface area (Å²) < 4.78 is 12.7. The fraction of sp³-hybridized carbons (Fsp3) is 0.714. The largest absolute Gasteiger partial charge is 0.348 e. The summed E-state index contributed by atoms with van der Waals surface area (Å²) in [5.74, 6) is -0.559. The van der Waals surface area contributed by atoms with Crippen LogP contribution in [0.25, 0.3) is 0 Å². The van der Waals surface area contributed by atoms with Crippen LogP contribution in [0.15, 0.2) is 15.8 Å². The van der Waals surface area contributed by atoms with Crippen LogP contribution in [0.5, 0.6) is 0 Å². The van der Waals surface area contributed by atoms with Gasteiger partial charge in [0.25, 0.3) is 5.56 Å². The highest BCUT2D eigenvalue weighted by atomic mass is 16.8. The van der Waals surface area contributed by atoms with E-state index < -0.39 is 17.7 Å². The molecule has 1 N–H and O–H groups in total. The summed E-state index contributed by atoms with van der Waals surface area (Å²) >= 11 is 0. The van der Waals surface area contributed by atoms with Crippen LogP contribution >= 0.6 is 0 Å². The summed E-state index contributed by atoms with van der Waals surface area (Å²) in [7, 11) is 0. The number of aromatic amines is 1. The van der Waals surface area contributed by atoms with Crippen molar-refractivity contribution in [2.75, 3.05) is 19.7 Å². The number of hydroxylamine groups is 2. The Morgan fingerprint density at radius 3 is 2.86 bits per heavy atom. The number of hydrogen-bond donors (Lipinski definition) is 1. The number of nitrogens with one attached hydrogen (secondary N) is 1. The molecule has 2 saturated heterocycles. The lowest BCUT2D eigenvalue weighted by atomic mass is 10.3. The van der Waals surface area contributed by atoms with Gasteiger partial charge in [0.15, 0.2) is 12.0 Å². The molecule has 8 nitrogen and oxygen atoms in total. The zero-order chi connectivity index (χ0) is 15.9. The first-order chi connectivity index (χ1) is 10.3. The zero-order valence-electron chi connectivity index (χ0n) is 13.0. The van der Waals surface area contributed by atoms with E-state index in [0.29, 0.717) is 31.7 Å².